The number of likely N-dealkylation sites (N-methyl/N-ethyl adjacent to an activating group) is 1. The van der Waals surface area contributed by atoms with E-state index in [0.717, 1.165) is 22.5 Å². The number of nitrogens with one attached hydrogen (secondary N) is 1. The molecular weight excluding hydrogens is 433 g/mol. The fourth-order valence-electron chi connectivity index (χ4n) is 3.38. The molecular formula is C23H30FN3O4S. The van der Waals surface area contributed by atoms with Crippen molar-refractivity contribution in [3.8, 4) is 0 Å². The highest BCUT2D eigenvalue weighted by Crippen LogP contribution is 2.20. The van der Waals surface area contributed by atoms with Crippen molar-refractivity contribution in [2.45, 2.75) is 39.3 Å². The second-order valence-corrected chi connectivity index (χ2v) is 9.38. The molecule has 2 aromatic carbocycles. The molecule has 0 saturated heterocycles. The van der Waals surface area contributed by atoms with E-state index in [1.807, 2.05) is 19.1 Å². The number of carbonyl (C=O) groups excluding carboxylic acids is 2. The highest BCUT2D eigenvalue weighted by Gasteiger charge is 2.31. The standard InChI is InChI=1S/C23H30FN3O4S/c1-5-17-9-13-20(14-10-17)27(32(4,30)31)16-22(28)26(21(6-2)23(29)25-3)15-18-7-11-19(24)12-8-18/h7-14,21H,5-6,15-16H2,1-4H3,(H,25,29)/t21-/m1/s1. The lowest BCUT2D eigenvalue weighted by molar-refractivity contribution is -0.140. The molecule has 0 aliphatic carbocycles. The highest BCUT2D eigenvalue weighted by molar-refractivity contribution is 7.92. The maximum absolute atomic E-state index is 13.4. The number of amides is 2. The number of carbonyl (C=O) groups is 2. The smallest absolute Gasteiger partial charge is 0.244 e. The minimum absolute atomic E-state index is 0.0391. The van der Waals surface area contributed by atoms with Crippen LogP contribution in [0, 0.1) is 5.82 Å². The summed E-state index contributed by atoms with van der Waals surface area (Å²) in [7, 11) is -2.29. The first-order valence-corrected chi connectivity index (χ1v) is 12.3. The molecule has 0 radical (unpaired) electrons. The lowest BCUT2D eigenvalue weighted by atomic mass is 10.1. The zero-order valence-corrected chi connectivity index (χ0v) is 19.7. The summed E-state index contributed by atoms with van der Waals surface area (Å²) < 4.78 is 39.4. The van der Waals surface area contributed by atoms with Gasteiger partial charge in [-0.1, -0.05) is 38.1 Å². The monoisotopic (exact) mass is 463 g/mol. The Morgan fingerprint density at radius 3 is 2.03 bits per heavy atom. The summed E-state index contributed by atoms with van der Waals surface area (Å²) in [6.07, 6.45) is 2.17. The Bertz CT molecular complexity index is 1020. The molecule has 1 N–H and O–H groups in total. The summed E-state index contributed by atoms with van der Waals surface area (Å²) in [4.78, 5) is 27.2. The van der Waals surface area contributed by atoms with Crippen molar-refractivity contribution in [3.05, 3.63) is 65.5 Å². The van der Waals surface area contributed by atoms with E-state index in [1.54, 1.807) is 19.1 Å². The van der Waals surface area contributed by atoms with E-state index >= 15 is 0 Å². The number of aryl methyl sites for hydroxylation is 1. The Kier molecular flexibility index (Phi) is 8.77. The van der Waals surface area contributed by atoms with Gasteiger partial charge in [-0.25, -0.2) is 12.8 Å². The maximum atomic E-state index is 13.4. The summed E-state index contributed by atoms with van der Waals surface area (Å²) in [5, 5.41) is 2.55. The van der Waals surface area contributed by atoms with Gasteiger partial charge in [0.2, 0.25) is 21.8 Å². The topological polar surface area (TPSA) is 86.8 Å². The summed E-state index contributed by atoms with van der Waals surface area (Å²) in [6.45, 7) is 3.34. The Hall–Kier alpha value is -2.94. The molecule has 0 spiro atoms. The predicted octanol–water partition coefficient (Wildman–Crippen LogP) is 2.71. The lowest BCUT2D eigenvalue weighted by Gasteiger charge is -2.32. The predicted molar refractivity (Wildman–Crippen MR) is 123 cm³/mol. The van der Waals surface area contributed by atoms with E-state index in [4.69, 9.17) is 0 Å². The molecule has 2 aromatic rings. The van der Waals surface area contributed by atoms with Crippen LogP contribution in [-0.2, 0) is 32.6 Å². The average Bonchev–Trinajstić information content (AvgIpc) is 2.77. The number of halogens is 1. The first-order valence-electron chi connectivity index (χ1n) is 10.4. The van der Waals surface area contributed by atoms with Gasteiger partial charge >= 0.3 is 0 Å². The van der Waals surface area contributed by atoms with Gasteiger partial charge in [-0.05, 0) is 48.2 Å². The van der Waals surface area contributed by atoms with Crippen molar-refractivity contribution >= 4 is 27.5 Å². The van der Waals surface area contributed by atoms with Gasteiger partial charge in [-0.2, -0.15) is 0 Å². The largest absolute Gasteiger partial charge is 0.357 e. The van der Waals surface area contributed by atoms with E-state index < -0.39 is 34.3 Å². The Morgan fingerprint density at radius 2 is 1.56 bits per heavy atom. The maximum Gasteiger partial charge on any atom is 0.244 e. The molecule has 174 valence electrons. The van der Waals surface area contributed by atoms with Crippen molar-refractivity contribution < 1.29 is 22.4 Å². The molecule has 32 heavy (non-hydrogen) atoms. The number of sulfonamides is 1. The third kappa shape index (κ3) is 6.53. The van der Waals surface area contributed by atoms with E-state index in [0.29, 0.717) is 17.7 Å². The number of rotatable bonds is 10. The number of nitrogens with zero attached hydrogens (tertiary/aromatic N) is 2. The van der Waals surface area contributed by atoms with Crippen LogP contribution in [0.15, 0.2) is 48.5 Å². The van der Waals surface area contributed by atoms with E-state index in [2.05, 4.69) is 5.32 Å². The normalized spacial score (nSPS) is 12.2. The van der Waals surface area contributed by atoms with Crippen molar-refractivity contribution in [3.63, 3.8) is 0 Å². The average molecular weight is 464 g/mol. The van der Waals surface area contributed by atoms with Crippen molar-refractivity contribution in [1.82, 2.24) is 10.2 Å². The minimum Gasteiger partial charge on any atom is -0.357 e. The number of benzene rings is 2. The van der Waals surface area contributed by atoms with Crippen LogP contribution in [0.4, 0.5) is 10.1 Å². The van der Waals surface area contributed by atoms with Gasteiger partial charge in [0.05, 0.1) is 11.9 Å². The van der Waals surface area contributed by atoms with E-state index in [1.165, 1.54) is 36.2 Å². The molecule has 2 amide bonds. The Morgan fingerprint density at radius 1 is 1.00 bits per heavy atom. The van der Waals surface area contributed by atoms with Crippen molar-refractivity contribution in [1.29, 1.82) is 0 Å². The van der Waals surface area contributed by atoms with Crippen LogP contribution < -0.4 is 9.62 Å². The molecule has 0 aliphatic heterocycles. The molecule has 7 nitrogen and oxygen atoms in total. The second-order valence-electron chi connectivity index (χ2n) is 7.48. The molecule has 2 rings (SSSR count). The summed E-state index contributed by atoms with van der Waals surface area (Å²) in [6, 6.07) is 11.8. The van der Waals surface area contributed by atoms with E-state index in [-0.39, 0.29) is 12.5 Å². The van der Waals surface area contributed by atoms with Crippen molar-refractivity contribution in [2.75, 3.05) is 24.2 Å². The SMILES string of the molecule is CCc1ccc(N(CC(=O)N(Cc2ccc(F)cc2)[C@H](CC)C(=O)NC)S(C)(=O)=O)cc1. The molecule has 0 fully saturated rings. The molecule has 0 saturated carbocycles. The molecule has 9 heteroatoms. The first-order chi connectivity index (χ1) is 15.1. The summed E-state index contributed by atoms with van der Waals surface area (Å²) in [5.41, 5.74) is 2.03. The summed E-state index contributed by atoms with van der Waals surface area (Å²) in [5.74, 6) is -1.31. The molecule has 1 atom stereocenters. The van der Waals surface area contributed by atoms with Gasteiger partial charge in [-0.3, -0.25) is 13.9 Å². The van der Waals surface area contributed by atoms with Gasteiger partial charge in [0, 0.05) is 13.6 Å². The Balaban J connectivity index is 2.39. The van der Waals surface area contributed by atoms with Crippen molar-refractivity contribution in [2.24, 2.45) is 0 Å². The number of anilines is 1. The van der Waals surface area contributed by atoms with Crippen LogP contribution in [0.2, 0.25) is 0 Å². The van der Waals surface area contributed by atoms with Gasteiger partial charge in [0.15, 0.2) is 0 Å². The zero-order chi connectivity index (χ0) is 23.9. The molecule has 0 bridgehead atoms. The molecule has 0 heterocycles. The third-order valence-electron chi connectivity index (χ3n) is 5.21. The van der Waals surface area contributed by atoms with Crippen LogP contribution in [0.3, 0.4) is 0 Å². The minimum atomic E-state index is -3.77. The highest BCUT2D eigenvalue weighted by atomic mass is 32.2. The van der Waals surface area contributed by atoms with Crippen LogP contribution in [0.25, 0.3) is 0 Å². The number of hydrogen-bond donors (Lipinski definition) is 1. The van der Waals surface area contributed by atoms with Crippen LogP contribution in [0.1, 0.15) is 31.4 Å². The first kappa shape index (κ1) is 25.3. The summed E-state index contributed by atoms with van der Waals surface area (Å²) >= 11 is 0. The van der Waals surface area contributed by atoms with Crippen LogP contribution in [-0.4, -0.2) is 51.0 Å². The Labute approximate surface area is 189 Å². The number of hydrogen-bond acceptors (Lipinski definition) is 4. The van der Waals surface area contributed by atoms with E-state index in [9.17, 15) is 22.4 Å². The third-order valence-corrected chi connectivity index (χ3v) is 6.35. The van der Waals surface area contributed by atoms with Gasteiger partial charge in [-0.15, -0.1) is 0 Å². The quantitative estimate of drug-likeness (QED) is 0.587. The zero-order valence-electron chi connectivity index (χ0n) is 18.8. The fraction of sp³-hybridized carbons (Fsp3) is 0.391. The second kappa shape index (κ2) is 11.1. The lowest BCUT2D eigenvalue weighted by Crippen LogP contribution is -2.51. The fourth-order valence-corrected chi connectivity index (χ4v) is 4.23. The molecule has 0 unspecified atom stereocenters. The van der Waals surface area contributed by atoms with Crippen LogP contribution >= 0.6 is 0 Å². The van der Waals surface area contributed by atoms with Gasteiger partial charge < -0.3 is 10.2 Å². The molecule has 0 aliphatic rings. The van der Waals surface area contributed by atoms with Gasteiger partial charge in [0.1, 0.15) is 18.4 Å². The van der Waals surface area contributed by atoms with Gasteiger partial charge in [0.25, 0.3) is 0 Å². The van der Waals surface area contributed by atoms with Crippen LogP contribution in [0.5, 0.6) is 0 Å². The molecule has 0 aromatic heterocycles.